The van der Waals surface area contributed by atoms with Crippen LogP contribution < -0.4 is 10.1 Å². The molecule has 2 saturated heterocycles. The fraction of sp³-hybridized carbons (Fsp3) is 0.667. The maximum absolute atomic E-state index is 5.56. The van der Waals surface area contributed by atoms with Gasteiger partial charge in [0.15, 0.2) is 5.96 Å². The topological polar surface area (TPSA) is 49.3 Å². The maximum atomic E-state index is 5.56. The monoisotopic (exact) mass is 502 g/mol. The first-order valence-electron chi connectivity index (χ1n) is 10.1. The Morgan fingerprint density at radius 1 is 1.25 bits per heavy atom. The summed E-state index contributed by atoms with van der Waals surface area (Å²) in [6, 6.07) is 8.73. The summed E-state index contributed by atoms with van der Waals surface area (Å²) in [7, 11) is 3.60. The molecule has 0 aliphatic carbocycles. The first kappa shape index (κ1) is 23.2. The van der Waals surface area contributed by atoms with Gasteiger partial charge in [-0.1, -0.05) is 19.1 Å². The molecule has 28 heavy (non-hydrogen) atoms. The normalized spacial score (nSPS) is 22.3. The number of benzene rings is 1. The van der Waals surface area contributed by atoms with Gasteiger partial charge in [0.1, 0.15) is 5.75 Å². The van der Waals surface area contributed by atoms with Gasteiger partial charge in [0.25, 0.3) is 0 Å². The van der Waals surface area contributed by atoms with E-state index in [1.807, 2.05) is 19.2 Å². The van der Waals surface area contributed by atoms with Gasteiger partial charge in [-0.25, -0.2) is 0 Å². The van der Waals surface area contributed by atoms with Gasteiger partial charge in [0.05, 0.1) is 26.4 Å². The largest absolute Gasteiger partial charge is 0.497 e. The molecule has 0 bridgehead atoms. The third kappa shape index (κ3) is 6.22. The molecular weight excluding hydrogens is 467 g/mol. The van der Waals surface area contributed by atoms with Crippen molar-refractivity contribution in [1.29, 1.82) is 0 Å². The smallest absolute Gasteiger partial charge is 0.193 e. The van der Waals surface area contributed by atoms with Gasteiger partial charge >= 0.3 is 0 Å². The van der Waals surface area contributed by atoms with Crippen LogP contribution in [0, 0.1) is 5.92 Å². The summed E-state index contributed by atoms with van der Waals surface area (Å²) < 4.78 is 10.9. The molecule has 1 aromatic carbocycles. The number of halogens is 1. The van der Waals surface area contributed by atoms with E-state index in [0.29, 0.717) is 6.04 Å². The number of likely N-dealkylation sites (tertiary alicyclic amines) is 1. The van der Waals surface area contributed by atoms with Gasteiger partial charge in [0, 0.05) is 39.8 Å². The second kappa shape index (κ2) is 11.8. The van der Waals surface area contributed by atoms with Crippen molar-refractivity contribution in [2.75, 3.05) is 60.1 Å². The second-order valence-corrected chi connectivity index (χ2v) is 7.56. The fourth-order valence-electron chi connectivity index (χ4n) is 4.07. The predicted octanol–water partition coefficient (Wildman–Crippen LogP) is 2.99. The minimum absolute atomic E-state index is 0. The zero-order valence-corrected chi connectivity index (χ0v) is 19.7. The van der Waals surface area contributed by atoms with Crippen LogP contribution >= 0.6 is 24.0 Å². The molecule has 7 heteroatoms. The first-order valence-corrected chi connectivity index (χ1v) is 10.1. The highest BCUT2D eigenvalue weighted by Gasteiger charge is 2.25. The zero-order chi connectivity index (χ0) is 19.1. The van der Waals surface area contributed by atoms with Crippen molar-refractivity contribution in [2.45, 2.75) is 25.8 Å². The van der Waals surface area contributed by atoms with Gasteiger partial charge in [-0.3, -0.25) is 9.89 Å². The molecule has 158 valence electrons. The number of nitrogens with one attached hydrogen (secondary N) is 1. The van der Waals surface area contributed by atoms with Crippen LogP contribution in [0.1, 0.15) is 31.4 Å². The molecule has 0 amide bonds. The van der Waals surface area contributed by atoms with Gasteiger partial charge in [-0.05, 0) is 36.5 Å². The Balaban J connectivity index is 0.00000280. The molecule has 2 aliphatic heterocycles. The number of guanidine groups is 1. The summed E-state index contributed by atoms with van der Waals surface area (Å²) in [5.41, 5.74) is 1.30. The van der Waals surface area contributed by atoms with Gasteiger partial charge in [-0.15, -0.1) is 24.0 Å². The summed E-state index contributed by atoms with van der Waals surface area (Å²) in [4.78, 5) is 9.46. The van der Waals surface area contributed by atoms with Crippen molar-refractivity contribution in [3.05, 3.63) is 29.8 Å². The SMILES string of the molecule is CN=C(NCC(c1ccc(OC)cc1)N1CCOCC1)N1CCCC(C)C1.I. The number of rotatable bonds is 5. The Kier molecular flexibility index (Phi) is 9.81. The van der Waals surface area contributed by atoms with Crippen LogP contribution in [0.25, 0.3) is 0 Å². The van der Waals surface area contributed by atoms with Crippen molar-refractivity contribution in [2.24, 2.45) is 10.9 Å². The number of methoxy groups -OCH3 is 1. The Hall–Kier alpha value is -1.06. The molecule has 6 nitrogen and oxygen atoms in total. The Bertz CT molecular complexity index is 605. The Morgan fingerprint density at radius 2 is 1.96 bits per heavy atom. The van der Waals surface area contributed by atoms with E-state index in [-0.39, 0.29) is 24.0 Å². The Labute approximate surface area is 186 Å². The third-order valence-corrected chi connectivity index (χ3v) is 5.61. The molecule has 2 unspecified atom stereocenters. The number of nitrogens with zero attached hydrogens (tertiary/aromatic N) is 3. The highest BCUT2D eigenvalue weighted by Crippen LogP contribution is 2.24. The van der Waals surface area contributed by atoms with E-state index in [1.165, 1.54) is 18.4 Å². The van der Waals surface area contributed by atoms with Gasteiger partial charge in [-0.2, -0.15) is 0 Å². The average molecular weight is 502 g/mol. The van der Waals surface area contributed by atoms with E-state index in [0.717, 1.165) is 63.6 Å². The summed E-state index contributed by atoms with van der Waals surface area (Å²) in [5, 5.41) is 3.65. The predicted molar refractivity (Wildman–Crippen MR) is 125 cm³/mol. The second-order valence-electron chi connectivity index (χ2n) is 7.56. The highest BCUT2D eigenvalue weighted by molar-refractivity contribution is 14.0. The molecular formula is C21H35IN4O2. The van der Waals surface area contributed by atoms with E-state index in [1.54, 1.807) is 7.11 Å². The van der Waals surface area contributed by atoms with Crippen LogP contribution in [0.3, 0.4) is 0 Å². The molecule has 2 aliphatic rings. The van der Waals surface area contributed by atoms with Crippen molar-refractivity contribution in [3.63, 3.8) is 0 Å². The van der Waals surface area contributed by atoms with Gasteiger partial charge < -0.3 is 19.7 Å². The molecule has 0 spiro atoms. The van der Waals surface area contributed by atoms with Gasteiger partial charge in [0.2, 0.25) is 0 Å². The average Bonchev–Trinajstić information content (AvgIpc) is 2.72. The van der Waals surface area contributed by atoms with Crippen LogP contribution in [0.5, 0.6) is 5.75 Å². The quantitative estimate of drug-likeness (QED) is 0.381. The number of hydrogen-bond donors (Lipinski definition) is 1. The van der Waals surface area contributed by atoms with Crippen LogP contribution in [-0.2, 0) is 4.74 Å². The Morgan fingerprint density at radius 3 is 2.57 bits per heavy atom. The summed E-state index contributed by atoms with van der Waals surface area (Å²) in [6.45, 7) is 8.85. The van der Waals surface area contributed by atoms with E-state index in [9.17, 15) is 0 Å². The lowest BCUT2D eigenvalue weighted by Gasteiger charge is -2.37. The van der Waals surface area contributed by atoms with E-state index >= 15 is 0 Å². The molecule has 1 N–H and O–H groups in total. The van der Waals surface area contributed by atoms with Crippen LogP contribution in [0.4, 0.5) is 0 Å². The van der Waals surface area contributed by atoms with Crippen molar-refractivity contribution in [3.8, 4) is 5.75 Å². The highest BCUT2D eigenvalue weighted by atomic mass is 127. The lowest BCUT2D eigenvalue weighted by molar-refractivity contribution is 0.0168. The minimum atomic E-state index is 0. The molecule has 2 fully saturated rings. The number of hydrogen-bond acceptors (Lipinski definition) is 4. The lowest BCUT2D eigenvalue weighted by Crippen LogP contribution is -2.49. The van der Waals surface area contributed by atoms with E-state index in [2.05, 4.69) is 39.2 Å². The van der Waals surface area contributed by atoms with Crippen LogP contribution in [0.2, 0.25) is 0 Å². The summed E-state index contributed by atoms with van der Waals surface area (Å²) in [6.07, 6.45) is 2.56. The molecule has 2 heterocycles. The summed E-state index contributed by atoms with van der Waals surface area (Å²) >= 11 is 0. The fourth-order valence-corrected chi connectivity index (χ4v) is 4.07. The number of ether oxygens (including phenoxy) is 2. The molecule has 1 aromatic rings. The third-order valence-electron chi connectivity index (χ3n) is 5.61. The molecule has 3 rings (SSSR count). The van der Waals surface area contributed by atoms with E-state index in [4.69, 9.17) is 9.47 Å². The molecule has 0 aromatic heterocycles. The van der Waals surface area contributed by atoms with E-state index < -0.39 is 0 Å². The lowest BCUT2D eigenvalue weighted by atomic mass is 10.0. The molecule has 2 atom stereocenters. The number of piperidine rings is 1. The van der Waals surface area contributed by atoms with Crippen molar-refractivity contribution < 1.29 is 9.47 Å². The minimum Gasteiger partial charge on any atom is -0.497 e. The van der Waals surface area contributed by atoms with Crippen molar-refractivity contribution in [1.82, 2.24) is 15.1 Å². The summed E-state index contributed by atoms with van der Waals surface area (Å²) in [5.74, 6) is 2.65. The standard InChI is InChI=1S/C21H34N4O2.HI/c1-17-5-4-10-25(16-17)21(22-2)23-15-20(24-11-13-27-14-12-24)18-6-8-19(26-3)9-7-18;/h6-9,17,20H,4-5,10-16H2,1-3H3,(H,22,23);1H. The first-order chi connectivity index (χ1) is 13.2. The van der Waals surface area contributed by atoms with Crippen LogP contribution in [0.15, 0.2) is 29.3 Å². The van der Waals surface area contributed by atoms with Crippen molar-refractivity contribution >= 4 is 29.9 Å². The molecule has 0 radical (unpaired) electrons. The maximum Gasteiger partial charge on any atom is 0.193 e. The number of aliphatic imine (C=N–C) groups is 1. The molecule has 0 saturated carbocycles. The number of morpholine rings is 1. The van der Waals surface area contributed by atoms with Crippen LogP contribution in [-0.4, -0.2) is 75.9 Å². The zero-order valence-electron chi connectivity index (χ0n) is 17.4.